The highest BCUT2D eigenvalue weighted by Crippen LogP contribution is 1.87. The van der Waals surface area contributed by atoms with Crippen molar-refractivity contribution in [3.05, 3.63) is 44.1 Å². The molecule has 0 aliphatic rings. The first-order chi connectivity index (χ1) is 8.04. The minimum Gasteiger partial charge on any atom is -0.248 e. The molecule has 94 valence electrons. The van der Waals surface area contributed by atoms with Crippen LogP contribution in [0.5, 0.6) is 0 Å². The summed E-state index contributed by atoms with van der Waals surface area (Å²) in [6, 6.07) is 0. The van der Waals surface area contributed by atoms with E-state index in [0.29, 0.717) is 6.54 Å². The van der Waals surface area contributed by atoms with Crippen molar-refractivity contribution in [2.75, 3.05) is 0 Å². The van der Waals surface area contributed by atoms with Crippen LogP contribution in [0.15, 0.2) is 27.0 Å². The fraction of sp³-hybridized carbons (Fsp3) is 0.545. The Morgan fingerprint density at radius 1 is 1.12 bits per heavy atom. The smallest absolute Gasteiger partial charge is 0.248 e. The van der Waals surface area contributed by atoms with Gasteiger partial charge >= 0.3 is 17.1 Å². The summed E-state index contributed by atoms with van der Waals surface area (Å²) in [5.41, 5.74) is -1.73. The molecular formula is C11H17N3O3. The third kappa shape index (κ3) is 2.46. The maximum absolute atomic E-state index is 11.9. The van der Waals surface area contributed by atoms with Gasteiger partial charge in [-0.25, -0.2) is 28.1 Å². The number of unbranched alkanes of at least 4 members (excludes halogenated alkanes) is 1. The van der Waals surface area contributed by atoms with E-state index in [1.165, 1.54) is 13.1 Å². The first-order valence-corrected chi connectivity index (χ1v) is 5.56. The Hall–Kier alpha value is -1.85. The molecule has 0 aliphatic heterocycles. The van der Waals surface area contributed by atoms with Gasteiger partial charge in [-0.2, -0.15) is 0 Å². The molecule has 0 unspecified atom stereocenters. The van der Waals surface area contributed by atoms with Gasteiger partial charge in [0.25, 0.3) is 0 Å². The lowest BCUT2D eigenvalue weighted by molar-refractivity contribution is 0.477. The van der Waals surface area contributed by atoms with Crippen molar-refractivity contribution in [1.82, 2.24) is 13.7 Å². The van der Waals surface area contributed by atoms with Crippen molar-refractivity contribution in [2.24, 2.45) is 7.05 Å². The summed E-state index contributed by atoms with van der Waals surface area (Å²) in [6.45, 7) is 5.90. The van der Waals surface area contributed by atoms with Gasteiger partial charge in [-0.3, -0.25) is 0 Å². The molecule has 0 amide bonds. The Kier molecular flexibility index (Phi) is 4.25. The van der Waals surface area contributed by atoms with E-state index in [1.807, 2.05) is 6.92 Å². The summed E-state index contributed by atoms with van der Waals surface area (Å²) in [5.74, 6) is 0. The van der Waals surface area contributed by atoms with Crippen molar-refractivity contribution in [2.45, 2.75) is 32.9 Å². The van der Waals surface area contributed by atoms with Crippen LogP contribution < -0.4 is 17.1 Å². The predicted octanol–water partition coefficient (Wildman–Crippen LogP) is -0.305. The predicted molar refractivity (Wildman–Crippen MR) is 65.3 cm³/mol. The maximum atomic E-state index is 11.9. The molecule has 0 fully saturated rings. The van der Waals surface area contributed by atoms with Crippen LogP contribution in [0.4, 0.5) is 0 Å². The van der Waals surface area contributed by atoms with Crippen molar-refractivity contribution in [3.8, 4) is 0 Å². The second-order valence-corrected chi connectivity index (χ2v) is 3.81. The third-order valence-corrected chi connectivity index (χ3v) is 2.54. The van der Waals surface area contributed by atoms with E-state index >= 15 is 0 Å². The van der Waals surface area contributed by atoms with Gasteiger partial charge < -0.3 is 0 Å². The first kappa shape index (κ1) is 13.2. The SMILES string of the molecule is C=CCn1c(=O)n(C)c(=O)n(CCCC)c1=O. The topological polar surface area (TPSA) is 66.0 Å². The average molecular weight is 239 g/mol. The summed E-state index contributed by atoms with van der Waals surface area (Å²) in [7, 11) is 1.37. The zero-order chi connectivity index (χ0) is 13.0. The molecule has 0 N–H and O–H groups in total. The molecule has 0 aliphatic carbocycles. The summed E-state index contributed by atoms with van der Waals surface area (Å²) in [6.07, 6.45) is 3.05. The van der Waals surface area contributed by atoms with E-state index in [4.69, 9.17) is 0 Å². The molecular weight excluding hydrogens is 222 g/mol. The molecule has 1 aromatic rings. The number of hydrogen-bond acceptors (Lipinski definition) is 3. The second kappa shape index (κ2) is 5.47. The van der Waals surface area contributed by atoms with Crippen LogP contribution >= 0.6 is 0 Å². The fourth-order valence-corrected chi connectivity index (χ4v) is 1.55. The zero-order valence-corrected chi connectivity index (χ0v) is 10.2. The summed E-state index contributed by atoms with van der Waals surface area (Å²) in [4.78, 5) is 35.4. The van der Waals surface area contributed by atoms with Gasteiger partial charge in [0.2, 0.25) is 0 Å². The van der Waals surface area contributed by atoms with E-state index in [-0.39, 0.29) is 6.54 Å². The Morgan fingerprint density at radius 2 is 1.71 bits per heavy atom. The molecule has 0 spiro atoms. The molecule has 0 radical (unpaired) electrons. The number of rotatable bonds is 5. The molecule has 1 aromatic heterocycles. The second-order valence-electron chi connectivity index (χ2n) is 3.81. The minimum atomic E-state index is -0.604. The maximum Gasteiger partial charge on any atom is 0.336 e. The highest BCUT2D eigenvalue weighted by atomic mass is 16.2. The average Bonchev–Trinajstić information content (AvgIpc) is 2.32. The molecule has 17 heavy (non-hydrogen) atoms. The Labute approximate surface area is 98.4 Å². The Balaban J connectivity index is 3.50. The summed E-state index contributed by atoms with van der Waals surface area (Å²) < 4.78 is 3.04. The molecule has 0 saturated carbocycles. The normalized spacial score (nSPS) is 10.5. The van der Waals surface area contributed by atoms with E-state index < -0.39 is 17.1 Å². The van der Waals surface area contributed by atoms with E-state index in [0.717, 1.165) is 26.5 Å². The van der Waals surface area contributed by atoms with Crippen LogP contribution in [-0.2, 0) is 20.1 Å². The standard InChI is InChI=1S/C11H17N3O3/c1-4-6-8-14-10(16)12(3)9(15)13(7-5-2)11(14)17/h5H,2,4,6-8H2,1,3H3. The molecule has 6 heteroatoms. The van der Waals surface area contributed by atoms with Crippen molar-refractivity contribution in [3.63, 3.8) is 0 Å². The quantitative estimate of drug-likeness (QED) is 0.662. The zero-order valence-electron chi connectivity index (χ0n) is 10.2. The molecule has 1 rings (SSSR count). The molecule has 0 bridgehead atoms. The summed E-state index contributed by atoms with van der Waals surface area (Å²) >= 11 is 0. The van der Waals surface area contributed by atoms with Gasteiger partial charge in [0.15, 0.2) is 0 Å². The molecule has 0 saturated heterocycles. The van der Waals surface area contributed by atoms with E-state index in [2.05, 4.69) is 6.58 Å². The number of aromatic nitrogens is 3. The van der Waals surface area contributed by atoms with Gasteiger partial charge in [-0.15, -0.1) is 6.58 Å². The monoisotopic (exact) mass is 239 g/mol. The molecule has 1 heterocycles. The molecule has 0 atom stereocenters. The van der Waals surface area contributed by atoms with Gasteiger partial charge in [0.05, 0.1) is 6.54 Å². The fourth-order valence-electron chi connectivity index (χ4n) is 1.55. The lowest BCUT2D eigenvalue weighted by atomic mass is 10.3. The minimum absolute atomic E-state index is 0.109. The van der Waals surface area contributed by atoms with Crippen LogP contribution in [0.2, 0.25) is 0 Å². The van der Waals surface area contributed by atoms with Gasteiger partial charge in [-0.05, 0) is 6.42 Å². The number of nitrogens with zero attached hydrogens (tertiary/aromatic N) is 3. The number of allylic oxidation sites excluding steroid dienone is 1. The van der Waals surface area contributed by atoms with Crippen molar-refractivity contribution in [1.29, 1.82) is 0 Å². The third-order valence-electron chi connectivity index (χ3n) is 2.54. The van der Waals surface area contributed by atoms with Crippen LogP contribution in [0.3, 0.4) is 0 Å². The van der Waals surface area contributed by atoms with Crippen LogP contribution in [0.1, 0.15) is 19.8 Å². The van der Waals surface area contributed by atoms with Gasteiger partial charge in [-0.1, -0.05) is 19.4 Å². The first-order valence-electron chi connectivity index (χ1n) is 5.56. The molecule has 6 nitrogen and oxygen atoms in total. The lowest BCUT2D eigenvalue weighted by Gasteiger charge is -2.09. The highest BCUT2D eigenvalue weighted by Gasteiger charge is 2.11. The Bertz CT molecular complexity index is 577. The lowest BCUT2D eigenvalue weighted by Crippen LogP contribution is -2.53. The van der Waals surface area contributed by atoms with Crippen molar-refractivity contribution >= 4 is 0 Å². The van der Waals surface area contributed by atoms with Gasteiger partial charge in [0, 0.05) is 13.6 Å². The van der Waals surface area contributed by atoms with Gasteiger partial charge in [0.1, 0.15) is 0 Å². The highest BCUT2D eigenvalue weighted by molar-refractivity contribution is 4.81. The Morgan fingerprint density at radius 3 is 2.24 bits per heavy atom. The van der Waals surface area contributed by atoms with E-state index in [9.17, 15) is 14.4 Å². The van der Waals surface area contributed by atoms with E-state index in [1.54, 1.807) is 0 Å². The van der Waals surface area contributed by atoms with Crippen LogP contribution in [0, 0.1) is 0 Å². The molecule has 0 aromatic carbocycles. The van der Waals surface area contributed by atoms with Crippen LogP contribution in [0.25, 0.3) is 0 Å². The summed E-state index contributed by atoms with van der Waals surface area (Å²) in [5, 5.41) is 0. The van der Waals surface area contributed by atoms with Crippen LogP contribution in [-0.4, -0.2) is 13.7 Å². The number of hydrogen-bond donors (Lipinski definition) is 0. The largest absolute Gasteiger partial charge is 0.336 e. The van der Waals surface area contributed by atoms with Crippen molar-refractivity contribution < 1.29 is 0 Å².